The van der Waals surface area contributed by atoms with Crippen molar-refractivity contribution in [2.24, 2.45) is 5.92 Å². The van der Waals surface area contributed by atoms with Gasteiger partial charge < -0.3 is 20.0 Å². The third-order valence-electron chi connectivity index (χ3n) is 3.24. The number of carbonyl (C=O) groups excluding carboxylic acids is 1. The Bertz CT molecular complexity index is 388. The molecule has 5 nitrogen and oxygen atoms in total. The summed E-state index contributed by atoms with van der Waals surface area (Å²) in [5.41, 5.74) is 0. The minimum atomic E-state index is -0.225. The summed E-state index contributed by atoms with van der Waals surface area (Å²) in [4.78, 5) is 14.2. The van der Waals surface area contributed by atoms with Crippen LogP contribution in [-0.2, 0) is 11.3 Å². The van der Waals surface area contributed by atoms with Crippen LogP contribution in [0.1, 0.15) is 26.5 Å². The maximum Gasteiger partial charge on any atom is 0.237 e. The summed E-state index contributed by atoms with van der Waals surface area (Å²) in [5.74, 6) is 1.22. The number of hydrogen-bond donors (Lipinski definition) is 2. The lowest BCUT2D eigenvalue weighted by atomic mass is 10.0. The topological polar surface area (TPSA) is 57.5 Å². The summed E-state index contributed by atoms with van der Waals surface area (Å²) in [7, 11) is 4.08. The highest BCUT2D eigenvalue weighted by Crippen LogP contribution is 2.04. The van der Waals surface area contributed by atoms with Crippen LogP contribution in [0.15, 0.2) is 22.8 Å². The predicted octanol–water partition coefficient (Wildman–Crippen LogP) is 1.46. The van der Waals surface area contributed by atoms with E-state index < -0.39 is 0 Å². The molecule has 0 radical (unpaired) electrons. The number of hydrogen-bond acceptors (Lipinski definition) is 4. The van der Waals surface area contributed by atoms with E-state index >= 15 is 0 Å². The summed E-state index contributed by atoms with van der Waals surface area (Å²) in [6.45, 7) is 7.55. The molecule has 1 rings (SSSR count). The quantitative estimate of drug-likeness (QED) is 0.757. The standard InChI is InChI=1S/C15H27N3O2/c1-11(2)14(10-18(4)5)17-12(3)15(19)16-9-13-7-6-8-20-13/h6-8,11-12,14,17H,9-10H2,1-5H3,(H,16,19). The predicted molar refractivity (Wildman–Crippen MR) is 80.3 cm³/mol. The van der Waals surface area contributed by atoms with Crippen LogP contribution in [0.3, 0.4) is 0 Å². The fourth-order valence-electron chi connectivity index (χ4n) is 1.99. The van der Waals surface area contributed by atoms with Crippen molar-refractivity contribution in [3.8, 4) is 0 Å². The van der Waals surface area contributed by atoms with E-state index in [2.05, 4.69) is 29.4 Å². The molecule has 1 aromatic heterocycles. The second kappa shape index (κ2) is 8.07. The summed E-state index contributed by atoms with van der Waals surface area (Å²) in [6.07, 6.45) is 1.61. The van der Waals surface area contributed by atoms with E-state index in [4.69, 9.17) is 4.42 Å². The molecule has 5 heteroatoms. The van der Waals surface area contributed by atoms with Crippen LogP contribution >= 0.6 is 0 Å². The monoisotopic (exact) mass is 281 g/mol. The minimum Gasteiger partial charge on any atom is -0.467 e. The highest BCUT2D eigenvalue weighted by atomic mass is 16.3. The summed E-state index contributed by atoms with van der Waals surface area (Å²) >= 11 is 0. The van der Waals surface area contributed by atoms with Crippen molar-refractivity contribution >= 4 is 5.91 Å². The van der Waals surface area contributed by atoms with E-state index in [0.717, 1.165) is 12.3 Å². The van der Waals surface area contributed by atoms with Crippen LogP contribution in [0.5, 0.6) is 0 Å². The molecule has 0 aromatic carbocycles. The molecular weight excluding hydrogens is 254 g/mol. The molecule has 2 N–H and O–H groups in total. The molecule has 1 aromatic rings. The van der Waals surface area contributed by atoms with Gasteiger partial charge in [0.2, 0.25) is 5.91 Å². The molecule has 0 aliphatic carbocycles. The zero-order valence-electron chi connectivity index (χ0n) is 13.1. The second-order valence-corrected chi connectivity index (χ2v) is 5.80. The number of rotatable bonds is 8. The summed E-state index contributed by atoms with van der Waals surface area (Å²) in [6, 6.07) is 3.72. The molecule has 2 unspecified atom stereocenters. The van der Waals surface area contributed by atoms with Gasteiger partial charge in [-0.15, -0.1) is 0 Å². The van der Waals surface area contributed by atoms with Crippen LogP contribution in [0.2, 0.25) is 0 Å². The average Bonchev–Trinajstić information content (AvgIpc) is 2.87. The van der Waals surface area contributed by atoms with E-state index in [0.29, 0.717) is 12.5 Å². The SMILES string of the molecule is CC(NC(CN(C)C)C(C)C)C(=O)NCc1ccco1. The lowest BCUT2D eigenvalue weighted by Gasteiger charge is -2.28. The van der Waals surface area contributed by atoms with E-state index in [1.165, 1.54) is 0 Å². The molecule has 0 aliphatic rings. The largest absolute Gasteiger partial charge is 0.467 e. The first-order valence-corrected chi connectivity index (χ1v) is 7.11. The first kappa shape index (κ1) is 16.7. The Kier molecular flexibility index (Phi) is 6.75. The van der Waals surface area contributed by atoms with Crippen molar-refractivity contribution in [2.75, 3.05) is 20.6 Å². The van der Waals surface area contributed by atoms with Crippen LogP contribution in [0.25, 0.3) is 0 Å². The summed E-state index contributed by atoms with van der Waals surface area (Å²) in [5, 5.41) is 6.27. The molecule has 0 aliphatic heterocycles. The van der Waals surface area contributed by atoms with Crippen molar-refractivity contribution in [1.82, 2.24) is 15.5 Å². The lowest BCUT2D eigenvalue weighted by molar-refractivity contribution is -0.123. The third kappa shape index (κ3) is 5.75. The molecule has 0 saturated heterocycles. The van der Waals surface area contributed by atoms with Crippen molar-refractivity contribution in [1.29, 1.82) is 0 Å². The minimum absolute atomic E-state index is 0.00851. The van der Waals surface area contributed by atoms with Crippen molar-refractivity contribution in [2.45, 2.75) is 39.4 Å². The van der Waals surface area contributed by atoms with Gasteiger partial charge in [-0.3, -0.25) is 4.79 Å². The van der Waals surface area contributed by atoms with Crippen LogP contribution in [0, 0.1) is 5.92 Å². The number of likely N-dealkylation sites (N-methyl/N-ethyl adjacent to an activating group) is 1. The zero-order chi connectivity index (χ0) is 15.1. The molecule has 0 fully saturated rings. The van der Waals surface area contributed by atoms with Gasteiger partial charge in [-0.05, 0) is 39.1 Å². The molecule has 114 valence electrons. The Morgan fingerprint density at radius 1 is 1.35 bits per heavy atom. The molecule has 20 heavy (non-hydrogen) atoms. The Morgan fingerprint density at radius 2 is 2.05 bits per heavy atom. The lowest BCUT2D eigenvalue weighted by Crippen LogP contribution is -2.51. The Hall–Kier alpha value is -1.33. The number of nitrogens with one attached hydrogen (secondary N) is 2. The molecule has 2 atom stereocenters. The molecule has 1 heterocycles. The average molecular weight is 281 g/mol. The smallest absolute Gasteiger partial charge is 0.237 e. The van der Waals surface area contributed by atoms with E-state index in [9.17, 15) is 4.79 Å². The van der Waals surface area contributed by atoms with E-state index in [1.54, 1.807) is 6.26 Å². The Balaban J connectivity index is 2.42. The maximum absolute atomic E-state index is 12.1. The maximum atomic E-state index is 12.1. The molecule has 0 saturated carbocycles. The van der Waals surface area contributed by atoms with Gasteiger partial charge in [0, 0.05) is 12.6 Å². The normalized spacial score (nSPS) is 14.6. The second-order valence-electron chi connectivity index (χ2n) is 5.80. The van der Waals surface area contributed by atoms with Gasteiger partial charge in [0.05, 0.1) is 18.8 Å². The number of furan rings is 1. The van der Waals surface area contributed by atoms with Crippen molar-refractivity contribution in [3.63, 3.8) is 0 Å². The fraction of sp³-hybridized carbons (Fsp3) is 0.667. The number of nitrogens with zero attached hydrogens (tertiary/aromatic N) is 1. The highest BCUT2D eigenvalue weighted by molar-refractivity contribution is 5.81. The van der Waals surface area contributed by atoms with Crippen LogP contribution in [0.4, 0.5) is 0 Å². The Morgan fingerprint density at radius 3 is 2.55 bits per heavy atom. The zero-order valence-corrected chi connectivity index (χ0v) is 13.1. The van der Waals surface area contributed by atoms with Crippen molar-refractivity contribution < 1.29 is 9.21 Å². The van der Waals surface area contributed by atoms with Crippen molar-refractivity contribution in [3.05, 3.63) is 24.2 Å². The van der Waals surface area contributed by atoms with Gasteiger partial charge in [-0.2, -0.15) is 0 Å². The van der Waals surface area contributed by atoms with Gasteiger partial charge in [-0.25, -0.2) is 0 Å². The molecule has 1 amide bonds. The highest BCUT2D eigenvalue weighted by Gasteiger charge is 2.20. The fourth-order valence-corrected chi connectivity index (χ4v) is 1.99. The van der Waals surface area contributed by atoms with Gasteiger partial charge in [0.15, 0.2) is 0 Å². The molecule has 0 bridgehead atoms. The van der Waals surface area contributed by atoms with Gasteiger partial charge in [-0.1, -0.05) is 13.8 Å². The summed E-state index contributed by atoms with van der Waals surface area (Å²) < 4.78 is 5.19. The molecular formula is C15H27N3O2. The first-order valence-electron chi connectivity index (χ1n) is 7.11. The third-order valence-corrected chi connectivity index (χ3v) is 3.24. The van der Waals surface area contributed by atoms with E-state index in [-0.39, 0.29) is 18.0 Å². The Labute approximate surface area is 121 Å². The van der Waals surface area contributed by atoms with Gasteiger partial charge in [0.1, 0.15) is 5.76 Å². The van der Waals surface area contributed by atoms with Gasteiger partial charge >= 0.3 is 0 Å². The number of carbonyl (C=O) groups is 1. The van der Waals surface area contributed by atoms with Crippen LogP contribution in [-0.4, -0.2) is 43.5 Å². The first-order chi connectivity index (χ1) is 9.40. The molecule has 0 spiro atoms. The van der Waals surface area contributed by atoms with E-state index in [1.807, 2.05) is 33.2 Å². The van der Waals surface area contributed by atoms with Gasteiger partial charge in [0.25, 0.3) is 0 Å². The van der Waals surface area contributed by atoms with Crippen LogP contribution < -0.4 is 10.6 Å². The number of amides is 1.